The van der Waals surface area contributed by atoms with Gasteiger partial charge in [0.15, 0.2) is 5.96 Å². The molecule has 0 spiro atoms. The summed E-state index contributed by atoms with van der Waals surface area (Å²) in [4.78, 5) is 18.4. The number of ether oxygens (including phenoxy) is 1. The molecule has 4 N–H and O–H groups in total. The lowest BCUT2D eigenvalue weighted by atomic mass is 10.1. The Kier molecular flexibility index (Phi) is 11.3. The van der Waals surface area contributed by atoms with Crippen molar-refractivity contribution >= 4 is 35.8 Å². The topological polar surface area (TPSA) is 92.0 Å². The van der Waals surface area contributed by atoms with Gasteiger partial charge in [0, 0.05) is 25.2 Å². The second kappa shape index (κ2) is 13.1. The van der Waals surface area contributed by atoms with E-state index in [1.165, 1.54) is 24.3 Å². The molecule has 0 heterocycles. The van der Waals surface area contributed by atoms with Crippen molar-refractivity contribution in [2.45, 2.75) is 19.5 Å². The van der Waals surface area contributed by atoms with Crippen LogP contribution in [0, 0.1) is 0 Å². The Balaban J connectivity index is 0.00000512. The van der Waals surface area contributed by atoms with Gasteiger partial charge in [-0.1, -0.05) is 24.3 Å². The molecule has 0 unspecified atom stereocenters. The number of hydrogen-bond acceptors (Lipinski definition) is 4. The second-order valence-electron chi connectivity index (χ2n) is 7.01. The normalized spacial score (nSPS) is 11.6. The molecule has 0 atom stereocenters. The Morgan fingerprint density at radius 1 is 1.09 bits per heavy atom. The monoisotopic (exact) mass is 565 g/mol. The number of hydrogen-bond donors (Lipinski definition) is 3. The van der Waals surface area contributed by atoms with E-state index < -0.39 is 6.36 Å². The maximum absolute atomic E-state index is 12.2. The Bertz CT molecular complexity index is 890. The van der Waals surface area contributed by atoms with Crippen molar-refractivity contribution in [2.75, 3.05) is 27.2 Å². The lowest BCUT2D eigenvalue weighted by Gasteiger charge is -2.11. The zero-order chi connectivity index (χ0) is 22.9. The Morgan fingerprint density at radius 3 is 2.41 bits per heavy atom. The number of benzene rings is 2. The Morgan fingerprint density at radius 2 is 1.78 bits per heavy atom. The van der Waals surface area contributed by atoms with E-state index in [1.807, 2.05) is 25.1 Å². The summed E-state index contributed by atoms with van der Waals surface area (Å²) in [5.74, 6) is -0.267. The van der Waals surface area contributed by atoms with E-state index >= 15 is 0 Å². The molecular weight excluding hydrogens is 538 g/mol. The molecule has 0 saturated heterocycles. The van der Waals surface area contributed by atoms with Gasteiger partial charge in [-0.05, 0) is 49.5 Å². The van der Waals surface area contributed by atoms with Crippen LogP contribution in [-0.4, -0.2) is 50.3 Å². The van der Waals surface area contributed by atoms with Crippen LogP contribution in [-0.2, 0) is 13.1 Å². The molecule has 0 aliphatic heterocycles. The minimum absolute atomic E-state index is 0. The molecule has 0 bridgehead atoms. The summed E-state index contributed by atoms with van der Waals surface area (Å²) >= 11 is 0. The van der Waals surface area contributed by atoms with E-state index in [4.69, 9.17) is 5.73 Å². The van der Waals surface area contributed by atoms with Crippen molar-refractivity contribution in [3.63, 3.8) is 0 Å². The third kappa shape index (κ3) is 10.7. The minimum atomic E-state index is -4.72. The van der Waals surface area contributed by atoms with Crippen molar-refractivity contribution in [1.29, 1.82) is 0 Å². The van der Waals surface area contributed by atoms with Gasteiger partial charge in [0.1, 0.15) is 5.75 Å². The maximum atomic E-state index is 12.2. The number of halogens is 4. The zero-order valence-corrected chi connectivity index (χ0v) is 20.1. The first kappa shape index (κ1) is 27.5. The van der Waals surface area contributed by atoms with Gasteiger partial charge in [-0.2, -0.15) is 0 Å². The highest BCUT2D eigenvalue weighted by atomic mass is 127. The number of nitrogens with two attached hydrogens (primary N) is 1. The van der Waals surface area contributed by atoms with Gasteiger partial charge < -0.3 is 26.0 Å². The number of nitrogens with one attached hydrogen (secondary N) is 2. The predicted octanol–water partition coefficient (Wildman–Crippen LogP) is 3.10. The van der Waals surface area contributed by atoms with Crippen LogP contribution in [0.15, 0.2) is 53.5 Å². The van der Waals surface area contributed by atoms with Crippen LogP contribution in [0.5, 0.6) is 5.75 Å². The number of likely N-dealkylation sites (N-methyl/N-ethyl adjacent to an activating group) is 1. The predicted molar refractivity (Wildman–Crippen MR) is 128 cm³/mol. The van der Waals surface area contributed by atoms with Gasteiger partial charge in [0.2, 0.25) is 0 Å². The van der Waals surface area contributed by atoms with Crippen LogP contribution in [0.3, 0.4) is 0 Å². The largest absolute Gasteiger partial charge is 0.573 e. The van der Waals surface area contributed by atoms with Gasteiger partial charge in [0.25, 0.3) is 5.91 Å². The summed E-state index contributed by atoms with van der Waals surface area (Å²) < 4.78 is 40.4. The third-order valence-corrected chi connectivity index (χ3v) is 4.10. The summed E-state index contributed by atoms with van der Waals surface area (Å²) in [5, 5.41) is 5.75. The van der Waals surface area contributed by atoms with Crippen molar-refractivity contribution in [3.05, 3.63) is 65.2 Å². The van der Waals surface area contributed by atoms with Crippen molar-refractivity contribution < 1.29 is 22.7 Å². The van der Waals surface area contributed by atoms with E-state index in [0.29, 0.717) is 17.7 Å². The Labute approximate surface area is 202 Å². The summed E-state index contributed by atoms with van der Waals surface area (Å²) in [5.41, 5.74) is 7.93. The van der Waals surface area contributed by atoms with Gasteiger partial charge in [-0.25, -0.2) is 4.99 Å². The summed E-state index contributed by atoms with van der Waals surface area (Å²) in [7, 11) is 3.86. The first-order valence-corrected chi connectivity index (χ1v) is 9.53. The molecular formula is C21H27F3IN5O2. The van der Waals surface area contributed by atoms with Gasteiger partial charge in [0.05, 0.1) is 6.54 Å². The lowest BCUT2D eigenvalue weighted by molar-refractivity contribution is -0.274. The smallest absolute Gasteiger partial charge is 0.406 e. The number of carbonyl (C=O) groups excluding carboxylic acids is 1. The highest BCUT2D eigenvalue weighted by Crippen LogP contribution is 2.22. The molecule has 0 saturated carbocycles. The van der Waals surface area contributed by atoms with Crippen molar-refractivity contribution in [2.24, 2.45) is 10.7 Å². The average Bonchev–Trinajstić information content (AvgIpc) is 2.70. The zero-order valence-electron chi connectivity index (χ0n) is 17.8. The molecule has 0 fully saturated rings. The third-order valence-electron chi connectivity index (χ3n) is 4.10. The van der Waals surface area contributed by atoms with Crippen LogP contribution in [0.25, 0.3) is 0 Å². The Hall–Kier alpha value is -2.54. The standard InChI is InChI=1S/C21H26F3N5O2.HI/c1-29(2)11-10-26-19(30)17-5-3-4-16(12-17)14-28-20(25)27-13-15-6-8-18(9-7-15)31-21(22,23)24;/h3-9,12H,10-11,13-14H2,1-2H3,(H,26,30)(H3,25,27,28);1H. The average molecular weight is 565 g/mol. The summed E-state index contributed by atoms with van der Waals surface area (Å²) in [6.45, 7) is 1.86. The van der Waals surface area contributed by atoms with E-state index in [9.17, 15) is 18.0 Å². The second-order valence-corrected chi connectivity index (χ2v) is 7.01. The summed E-state index contributed by atoms with van der Waals surface area (Å²) in [6.07, 6.45) is -4.72. The maximum Gasteiger partial charge on any atom is 0.573 e. The van der Waals surface area contributed by atoms with E-state index in [1.54, 1.807) is 18.2 Å². The van der Waals surface area contributed by atoms with Gasteiger partial charge in [-0.3, -0.25) is 4.79 Å². The van der Waals surface area contributed by atoms with Gasteiger partial charge >= 0.3 is 6.36 Å². The SMILES string of the molecule is CN(C)CCNC(=O)c1cccc(CN=C(N)NCc2ccc(OC(F)(F)F)cc2)c1.I. The molecule has 0 radical (unpaired) electrons. The van der Waals surface area contributed by atoms with Crippen LogP contribution >= 0.6 is 24.0 Å². The molecule has 0 aliphatic rings. The molecule has 7 nitrogen and oxygen atoms in total. The molecule has 0 aliphatic carbocycles. The van der Waals surface area contributed by atoms with E-state index in [2.05, 4.69) is 20.4 Å². The minimum Gasteiger partial charge on any atom is -0.406 e. The molecule has 2 aromatic carbocycles. The first-order chi connectivity index (χ1) is 14.6. The molecule has 2 rings (SSSR count). The molecule has 2 aromatic rings. The highest BCUT2D eigenvalue weighted by Gasteiger charge is 2.30. The molecule has 1 amide bonds. The number of carbonyl (C=O) groups is 1. The van der Waals surface area contributed by atoms with Crippen molar-refractivity contribution in [3.8, 4) is 5.75 Å². The lowest BCUT2D eigenvalue weighted by Crippen LogP contribution is -2.31. The fourth-order valence-corrected chi connectivity index (χ4v) is 2.54. The highest BCUT2D eigenvalue weighted by molar-refractivity contribution is 14.0. The molecule has 32 heavy (non-hydrogen) atoms. The van der Waals surface area contributed by atoms with Crippen LogP contribution in [0.2, 0.25) is 0 Å². The molecule has 0 aromatic heterocycles. The van der Waals surface area contributed by atoms with Crippen LogP contribution in [0.4, 0.5) is 13.2 Å². The number of guanidine groups is 1. The first-order valence-electron chi connectivity index (χ1n) is 9.53. The number of amides is 1. The quantitative estimate of drug-likeness (QED) is 0.247. The molecule has 11 heteroatoms. The fraction of sp³-hybridized carbons (Fsp3) is 0.333. The van der Waals surface area contributed by atoms with E-state index in [0.717, 1.165) is 12.1 Å². The number of nitrogens with zero attached hydrogens (tertiary/aromatic N) is 2. The van der Waals surface area contributed by atoms with E-state index in [-0.39, 0.29) is 54.7 Å². The molecule has 176 valence electrons. The van der Waals surface area contributed by atoms with Crippen LogP contribution < -0.4 is 21.1 Å². The van der Waals surface area contributed by atoms with Gasteiger partial charge in [-0.15, -0.1) is 37.1 Å². The number of rotatable bonds is 9. The number of alkyl halides is 3. The van der Waals surface area contributed by atoms with Crippen LogP contribution in [0.1, 0.15) is 21.5 Å². The fourth-order valence-electron chi connectivity index (χ4n) is 2.54. The van der Waals surface area contributed by atoms with Crippen molar-refractivity contribution in [1.82, 2.24) is 15.5 Å². The number of aliphatic imine (C=N–C) groups is 1. The summed E-state index contributed by atoms with van der Waals surface area (Å²) in [6, 6.07) is 12.6.